The van der Waals surface area contributed by atoms with E-state index in [9.17, 15) is 14.0 Å². The van der Waals surface area contributed by atoms with Gasteiger partial charge in [0.05, 0.1) is 5.75 Å². The van der Waals surface area contributed by atoms with Crippen LogP contribution in [0.3, 0.4) is 0 Å². The number of ether oxygens (including phenoxy) is 2. The van der Waals surface area contributed by atoms with Gasteiger partial charge < -0.3 is 19.7 Å². The maximum atomic E-state index is 13.9. The molecule has 2 heterocycles. The SMILES string of the molecule is Cc1cc(C)nc(SCC(=O)N(Cc2ccc(F)cc2)C2(C(=O)Nc3ccc4c(c3)OCO4)CCCC2)n1. The Morgan fingerprint density at radius 2 is 1.68 bits per heavy atom. The van der Waals surface area contributed by atoms with E-state index in [1.807, 2.05) is 19.9 Å². The largest absolute Gasteiger partial charge is 0.454 e. The van der Waals surface area contributed by atoms with Crippen molar-refractivity contribution in [3.8, 4) is 11.5 Å². The van der Waals surface area contributed by atoms with Gasteiger partial charge in [-0.25, -0.2) is 14.4 Å². The molecule has 8 nitrogen and oxygen atoms in total. The quantitative estimate of drug-likeness (QED) is 0.319. The van der Waals surface area contributed by atoms with E-state index in [0.29, 0.717) is 35.2 Å². The molecule has 1 aliphatic carbocycles. The number of hydrogen-bond donors (Lipinski definition) is 1. The van der Waals surface area contributed by atoms with E-state index < -0.39 is 5.54 Å². The summed E-state index contributed by atoms with van der Waals surface area (Å²) in [5, 5.41) is 3.53. The summed E-state index contributed by atoms with van der Waals surface area (Å²) in [5.41, 5.74) is 1.91. The molecule has 0 bridgehead atoms. The van der Waals surface area contributed by atoms with Crippen LogP contribution in [0, 0.1) is 19.7 Å². The monoisotopic (exact) mass is 536 g/mol. The molecule has 2 amide bonds. The first-order valence-corrected chi connectivity index (χ1v) is 13.5. The van der Waals surface area contributed by atoms with Crippen molar-refractivity contribution in [2.24, 2.45) is 0 Å². The maximum absolute atomic E-state index is 13.9. The Bertz CT molecular complexity index is 1320. The molecule has 1 N–H and O–H groups in total. The van der Waals surface area contributed by atoms with Crippen molar-refractivity contribution in [3.05, 3.63) is 71.3 Å². The van der Waals surface area contributed by atoms with Gasteiger partial charge in [-0.1, -0.05) is 36.7 Å². The van der Waals surface area contributed by atoms with Crippen LogP contribution < -0.4 is 14.8 Å². The van der Waals surface area contributed by atoms with E-state index in [-0.39, 0.29) is 36.7 Å². The lowest BCUT2D eigenvalue weighted by molar-refractivity contribution is -0.144. The number of anilines is 1. The Hall–Kier alpha value is -3.66. The maximum Gasteiger partial charge on any atom is 0.250 e. The van der Waals surface area contributed by atoms with E-state index >= 15 is 0 Å². The van der Waals surface area contributed by atoms with Crippen LogP contribution in [0.25, 0.3) is 0 Å². The van der Waals surface area contributed by atoms with Gasteiger partial charge in [-0.3, -0.25) is 9.59 Å². The van der Waals surface area contributed by atoms with Crippen LogP contribution in [0.1, 0.15) is 42.6 Å². The van der Waals surface area contributed by atoms with Gasteiger partial charge in [0, 0.05) is 29.7 Å². The molecule has 5 rings (SSSR count). The topological polar surface area (TPSA) is 93.7 Å². The third-order valence-electron chi connectivity index (χ3n) is 6.84. The van der Waals surface area contributed by atoms with Gasteiger partial charge in [0.2, 0.25) is 18.6 Å². The van der Waals surface area contributed by atoms with E-state index in [1.54, 1.807) is 35.2 Å². The predicted octanol–water partition coefficient (Wildman–Crippen LogP) is 5.03. The summed E-state index contributed by atoms with van der Waals surface area (Å²) in [6.45, 7) is 4.09. The molecule has 0 atom stereocenters. The van der Waals surface area contributed by atoms with Gasteiger partial charge in [0.25, 0.3) is 0 Å². The smallest absolute Gasteiger partial charge is 0.250 e. The molecule has 2 aliphatic rings. The second kappa shape index (κ2) is 11.0. The minimum absolute atomic E-state index is 0.0726. The first-order chi connectivity index (χ1) is 18.3. The number of aryl methyl sites for hydroxylation is 2. The molecular formula is C28H29FN4O4S. The van der Waals surface area contributed by atoms with Crippen LogP contribution >= 0.6 is 11.8 Å². The Kier molecular flexibility index (Phi) is 7.51. The Balaban J connectivity index is 1.42. The molecular weight excluding hydrogens is 507 g/mol. The second-order valence-corrected chi connectivity index (χ2v) is 10.5. The Labute approximate surface area is 225 Å². The van der Waals surface area contributed by atoms with Gasteiger partial charge >= 0.3 is 0 Å². The highest BCUT2D eigenvalue weighted by Gasteiger charge is 2.48. The fraction of sp³-hybridized carbons (Fsp3) is 0.357. The van der Waals surface area contributed by atoms with Gasteiger partial charge in [-0.15, -0.1) is 0 Å². The van der Waals surface area contributed by atoms with E-state index in [0.717, 1.165) is 29.8 Å². The number of rotatable bonds is 8. The summed E-state index contributed by atoms with van der Waals surface area (Å²) in [7, 11) is 0. The van der Waals surface area contributed by atoms with Crippen LogP contribution in [0.2, 0.25) is 0 Å². The molecule has 1 aliphatic heterocycles. The van der Waals surface area contributed by atoms with Gasteiger partial charge in [-0.2, -0.15) is 0 Å². The number of hydrogen-bond acceptors (Lipinski definition) is 7. The molecule has 1 fully saturated rings. The summed E-state index contributed by atoms with van der Waals surface area (Å²) in [6, 6.07) is 13.1. The van der Waals surface area contributed by atoms with E-state index in [1.165, 1.54) is 23.9 Å². The van der Waals surface area contributed by atoms with Crippen LogP contribution in [0.15, 0.2) is 53.7 Å². The molecule has 1 aromatic heterocycles. The Morgan fingerprint density at radius 1 is 1.00 bits per heavy atom. The summed E-state index contributed by atoms with van der Waals surface area (Å²) < 4.78 is 24.4. The van der Waals surface area contributed by atoms with Crippen molar-refractivity contribution in [1.29, 1.82) is 0 Å². The van der Waals surface area contributed by atoms with Crippen molar-refractivity contribution in [1.82, 2.24) is 14.9 Å². The average Bonchev–Trinajstić information content (AvgIpc) is 3.57. The molecule has 1 saturated carbocycles. The lowest BCUT2D eigenvalue weighted by Gasteiger charge is -2.40. The number of nitrogens with zero attached hydrogens (tertiary/aromatic N) is 3. The van der Waals surface area contributed by atoms with Gasteiger partial charge in [0.1, 0.15) is 11.4 Å². The highest BCUT2D eigenvalue weighted by atomic mass is 32.2. The van der Waals surface area contributed by atoms with Crippen molar-refractivity contribution >= 4 is 29.3 Å². The standard InChI is InChI=1S/C28H29FN4O4S/c1-18-13-19(2)31-27(30-18)38-16-25(34)33(15-20-5-7-21(29)8-6-20)28(11-3-4-12-28)26(35)32-22-9-10-23-24(14-22)37-17-36-23/h5-10,13-14H,3-4,11-12,15-17H2,1-2H3,(H,32,35). The first kappa shape index (κ1) is 26.0. The number of carbonyl (C=O) groups excluding carboxylic acids is 2. The number of nitrogens with one attached hydrogen (secondary N) is 1. The summed E-state index contributed by atoms with van der Waals surface area (Å²) >= 11 is 1.25. The predicted molar refractivity (Wildman–Crippen MR) is 142 cm³/mol. The summed E-state index contributed by atoms with van der Waals surface area (Å²) in [4.78, 5) is 38.3. The van der Waals surface area contributed by atoms with Gasteiger partial charge in [0.15, 0.2) is 16.7 Å². The third-order valence-corrected chi connectivity index (χ3v) is 7.67. The molecule has 0 unspecified atom stereocenters. The van der Waals surface area contributed by atoms with Crippen molar-refractivity contribution < 1.29 is 23.5 Å². The fourth-order valence-electron chi connectivity index (χ4n) is 5.01. The zero-order chi connectivity index (χ0) is 26.7. The highest BCUT2D eigenvalue weighted by molar-refractivity contribution is 7.99. The minimum atomic E-state index is -1.05. The minimum Gasteiger partial charge on any atom is -0.454 e. The molecule has 38 heavy (non-hydrogen) atoms. The summed E-state index contributed by atoms with van der Waals surface area (Å²) in [6.07, 6.45) is 2.69. The molecule has 0 spiro atoms. The number of benzene rings is 2. The van der Waals surface area contributed by atoms with Crippen molar-refractivity contribution in [2.45, 2.75) is 56.8 Å². The van der Waals surface area contributed by atoms with Crippen LogP contribution in [-0.2, 0) is 16.1 Å². The van der Waals surface area contributed by atoms with Crippen LogP contribution in [-0.4, -0.2) is 44.8 Å². The number of thioether (sulfide) groups is 1. The number of halogens is 1. The van der Waals surface area contributed by atoms with Crippen LogP contribution in [0.4, 0.5) is 10.1 Å². The van der Waals surface area contributed by atoms with Crippen molar-refractivity contribution in [3.63, 3.8) is 0 Å². The molecule has 3 aromatic rings. The summed E-state index contributed by atoms with van der Waals surface area (Å²) in [5.74, 6) is 0.445. The first-order valence-electron chi connectivity index (χ1n) is 12.5. The van der Waals surface area contributed by atoms with Gasteiger partial charge in [-0.05, 0) is 62.6 Å². The second-order valence-electron chi connectivity index (χ2n) is 9.59. The fourth-order valence-corrected chi connectivity index (χ4v) is 5.84. The molecule has 0 radical (unpaired) electrons. The third kappa shape index (κ3) is 5.60. The normalized spacial score (nSPS) is 15.3. The van der Waals surface area contributed by atoms with Crippen molar-refractivity contribution in [2.75, 3.05) is 17.9 Å². The number of carbonyl (C=O) groups is 2. The molecule has 0 saturated heterocycles. The Morgan fingerprint density at radius 3 is 2.39 bits per heavy atom. The lowest BCUT2D eigenvalue weighted by atomic mass is 9.92. The van der Waals surface area contributed by atoms with Crippen LogP contribution in [0.5, 0.6) is 11.5 Å². The van der Waals surface area contributed by atoms with E-state index in [2.05, 4.69) is 15.3 Å². The molecule has 2 aromatic carbocycles. The number of aromatic nitrogens is 2. The van der Waals surface area contributed by atoms with E-state index in [4.69, 9.17) is 9.47 Å². The molecule has 198 valence electrons. The average molecular weight is 537 g/mol. The zero-order valence-electron chi connectivity index (χ0n) is 21.3. The zero-order valence-corrected chi connectivity index (χ0v) is 22.1. The lowest BCUT2D eigenvalue weighted by Crippen LogP contribution is -2.57. The number of fused-ring (bicyclic) bond motifs is 1. The number of amides is 2. The molecule has 10 heteroatoms. The highest BCUT2D eigenvalue weighted by Crippen LogP contribution is 2.39.